The molecule has 1 saturated heterocycles. The van der Waals surface area contributed by atoms with Crippen molar-refractivity contribution in [2.45, 2.75) is 36.0 Å². The first-order valence-corrected chi connectivity index (χ1v) is 13.6. The van der Waals surface area contributed by atoms with Gasteiger partial charge in [0.1, 0.15) is 22.8 Å². The number of nitrogens with one attached hydrogen (secondary N) is 1. The number of thioether (sulfide) groups is 2. The minimum atomic E-state index is -1.76. The van der Waals surface area contributed by atoms with E-state index in [9.17, 15) is 29.4 Å². The second-order valence-corrected chi connectivity index (χ2v) is 11.3. The fourth-order valence-corrected chi connectivity index (χ4v) is 6.18. The van der Waals surface area contributed by atoms with Crippen LogP contribution in [0.3, 0.4) is 0 Å². The van der Waals surface area contributed by atoms with Crippen LogP contribution in [0, 0.1) is 0 Å². The standard InChI is InChI=1S/C19H21N9O7S3/c1-19(2,16(33)34)35-24-9(8-6-37-17(20)21-8)12(29)22-10-13(30)28-11(15(31)32)7(4-36-14(10)28)5-38-18-23-25-26-27(18)3/h6,10,14H,4-5H2,1-3H3,(H2,20,21)(H,22,29)(H,31,32)(H,33,34)/t10-,14-/m0/s1. The molecule has 0 spiro atoms. The maximum Gasteiger partial charge on any atom is 0.352 e. The topological polar surface area (TPSA) is 228 Å². The molecule has 4 rings (SSSR count). The quantitative estimate of drug-likeness (QED) is 0.118. The number of β-lactam (4-membered cyclic amide) rings is 1. The molecule has 5 N–H and O–H groups in total. The predicted molar refractivity (Wildman–Crippen MR) is 135 cm³/mol. The molecule has 2 aliphatic heterocycles. The van der Waals surface area contributed by atoms with Gasteiger partial charge in [0.25, 0.3) is 11.8 Å². The number of hydrogen-bond acceptors (Lipinski definition) is 14. The number of aromatic nitrogens is 5. The molecule has 38 heavy (non-hydrogen) atoms. The number of amides is 2. The molecule has 202 valence electrons. The van der Waals surface area contributed by atoms with Gasteiger partial charge in [0.05, 0.1) is 0 Å². The second-order valence-electron chi connectivity index (χ2n) is 8.41. The smallest absolute Gasteiger partial charge is 0.352 e. The Bertz CT molecular complexity index is 1370. The Labute approximate surface area is 226 Å². The first-order valence-electron chi connectivity index (χ1n) is 10.7. The van der Waals surface area contributed by atoms with Crippen LogP contribution in [-0.4, -0.2) is 98.3 Å². The Morgan fingerprint density at radius 2 is 2.11 bits per heavy atom. The van der Waals surface area contributed by atoms with Crippen LogP contribution in [0.25, 0.3) is 0 Å². The van der Waals surface area contributed by atoms with Gasteiger partial charge in [-0.15, -0.1) is 28.2 Å². The molecular formula is C19H21N9O7S3. The highest BCUT2D eigenvalue weighted by Gasteiger charge is 2.54. The van der Waals surface area contributed by atoms with Gasteiger partial charge in [0, 0.05) is 23.9 Å². The van der Waals surface area contributed by atoms with E-state index in [1.807, 2.05) is 0 Å². The van der Waals surface area contributed by atoms with Crippen molar-refractivity contribution in [2.75, 3.05) is 17.2 Å². The van der Waals surface area contributed by atoms with Crippen molar-refractivity contribution < 1.29 is 34.2 Å². The number of fused-ring (bicyclic) bond motifs is 1. The number of nitrogen functional groups attached to an aromatic ring is 1. The number of carbonyl (C=O) groups excluding carboxylic acids is 2. The number of aliphatic carboxylic acids is 2. The number of oxime groups is 1. The lowest BCUT2D eigenvalue weighted by Crippen LogP contribution is -2.71. The highest BCUT2D eigenvalue weighted by Crippen LogP contribution is 2.41. The van der Waals surface area contributed by atoms with E-state index < -0.39 is 40.8 Å². The lowest BCUT2D eigenvalue weighted by molar-refractivity contribution is -0.161. The van der Waals surface area contributed by atoms with Gasteiger partial charge in [-0.3, -0.25) is 14.5 Å². The van der Waals surface area contributed by atoms with E-state index in [0.717, 1.165) is 16.2 Å². The van der Waals surface area contributed by atoms with Gasteiger partial charge in [0.15, 0.2) is 10.8 Å². The van der Waals surface area contributed by atoms with Crippen LogP contribution in [0.15, 0.2) is 27.0 Å². The van der Waals surface area contributed by atoms with E-state index in [1.54, 1.807) is 7.05 Å². The Morgan fingerprint density at radius 1 is 1.37 bits per heavy atom. The zero-order valence-corrected chi connectivity index (χ0v) is 22.5. The van der Waals surface area contributed by atoms with E-state index in [0.29, 0.717) is 16.5 Å². The summed E-state index contributed by atoms with van der Waals surface area (Å²) < 4.78 is 1.45. The van der Waals surface area contributed by atoms with Crippen molar-refractivity contribution in [1.82, 2.24) is 35.4 Å². The number of nitrogens with two attached hydrogens (primary N) is 1. The molecule has 0 saturated carbocycles. The van der Waals surface area contributed by atoms with Crippen molar-refractivity contribution in [1.29, 1.82) is 0 Å². The molecule has 2 atom stereocenters. The predicted octanol–water partition coefficient (Wildman–Crippen LogP) is -0.636. The number of hydrogen-bond donors (Lipinski definition) is 4. The number of thiazole rings is 1. The molecule has 0 aliphatic carbocycles. The summed E-state index contributed by atoms with van der Waals surface area (Å²) in [5.41, 5.74) is 3.90. The first kappa shape index (κ1) is 27.3. The maximum atomic E-state index is 13.1. The highest BCUT2D eigenvalue weighted by atomic mass is 32.2. The first-order chi connectivity index (χ1) is 17.9. The summed E-state index contributed by atoms with van der Waals surface area (Å²) in [5, 5.41) is 37.9. The number of anilines is 1. The van der Waals surface area contributed by atoms with Crippen molar-refractivity contribution in [3.63, 3.8) is 0 Å². The number of carbonyl (C=O) groups is 4. The van der Waals surface area contributed by atoms with Crippen molar-refractivity contribution in [2.24, 2.45) is 12.2 Å². The van der Waals surface area contributed by atoms with Crippen LogP contribution in [0.5, 0.6) is 0 Å². The zero-order chi connectivity index (χ0) is 27.8. The lowest BCUT2D eigenvalue weighted by Gasteiger charge is -2.49. The second kappa shape index (κ2) is 10.6. The van der Waals surface area contributed by atoms with Gasteiger partial charge in [-0.25, -0.2) is 19.3 Å². The van der Waals surface area contributed by atoms with E-state index in [1.165, 1.54) is 47.4 Å². The molecule has 19 heteroatoms. The third kappa shape index (κ3) is 5.29. The van der Waals surface area contributed by atoms with Gasteiger partial charge in [-0.1, -0.05) is 16.9 Å². The van der Waals surface area contributed by atoms with E-state index in [4.69, 9.17) is 10.6 Å². The minimum absolute atomic E-state index is 0.0230. The van der Waals surface area contributed by atoms with Crippen molar-refractivity contribution in [3.05, 3.63) is 22.3 Å². The van der Waals surface area contributed by atoms with Crippen LogP contribution >= 0.6 is 34.9 Å². The molecule has 0 aromatic carbocycles. The SMILES string of the molecule is Cn1nnnc1SCC1=C(C(=O)O)N2C(=O)[C@H](NC(=O)C(=NOC(C)(C)C(=O)O)c3csc(N)n3)[C@@H]2SC1. The third-order valence-electron chi connectivity index (χ3n) is 5.35. The number of rotatable bonds is 10. The molecule has 2 amide bonds. The molecule has 4 heterocycles. The largest absolute Gasteiger partial charge is 0.478 e. The average Bonchev–Trinajstić information content (AvgIpc) is 3.47. The van der Waals surface area contributed by atoms with Gasteiger partial charge in [-0.2, -0.15) is 0 Å². The molecule has 0 bridgehead atoms. The molecule has 2 aromatic rings. The van der Waals surface area contributed by atoms with Crippen molar-refractivity contribution >= 4 is 69.5 Å². The third-order valence-corrected chi connectivity index (χ3v) is 8.46. The molecule has 0 unspecified atom stereocenters. The zero-order valence-electron chi connectivity index (χ0n) is 20.0. The Morgan fingerprint density at radius 3 is 2.68 bits per heavy atom. The van der Waals surface area contributed by atoms with E-state index in [-0.39, 0.29) is 28.0 Å². The van der Waals surface area contributed by atoms with Crippen molar-refractivity contribution in [3.8, 4) is 0 Å². The Kier molecular flexibility index (Phi) is 7.61. The molecule has 0 radical (unpaired) electrons. The molecule has 2 aromatic heterocycles. The normalized spacial score (nSPS) is 19.6. The summed E-state index contributed by atoms with van der Waals surface area (Å²) in [6.45, 7) is 2.48. The molecule has 2 aliphatic rings. The van der Waals surface area contributed by atoms with E-state index in [2.05, 4.69) is 31.0 Å². The molecule has 16 nitrogen and oxygen atoms in total. The van der Waals surface area contributed by atoms with Crippen LogP contribution in [0.2, 0.25) is 0 Å². The summed E-state index contributed by atoms with van der Waals surface area (Å²) in [5.74, 6) is -3.55. The molecular weight excluding hydrogens is 562 g/mol. The number of nitrogens with zero attached hydrogens (tertiary/aromatic N) is 7. The maximum absolute atomic E-state index is 13.1. The number of carboxylic acid groups (broad SMARTS) is 2. The Balaban J connectivity index is 1.52. The van der Waals surface area contributed by atoms with Crippen LogP contribution in [-0.2, 0) is 31.1 Å². The summed E-state index contributed by atoms with van der Waals surface area (Å²) in [6, 6.07) is -1.06. The minimum Gasteiger partial charge on any atom is -0.478 e. The van der Waals surface area contributed by atoms with Crippen LogP contribution in [0.4, 0.5) is 5.13 Å². The summed E-state index contributed by atoms with van der Waals surface area (Å²) in [7, 11) is 1.65. The number of aryl methyl sites for hydroxylation is 1. The molecule has 1 fully saturated rings. The monoisotopic (exact) mass is 583 g/mol. The lowest BCUT2D eigenvalue weighted by atomic mass is 10.0. The highest BCUT2D eigenvalue weighted by molar-refractivity contribution is 8.01. The van der Waals surface area contributed by atoms with E-state index >= 15 is 0 Å². The fraction of sp³-hybridized carbons (Fsp3) is 0.421. The fourth-order valence-electron chi connectivity index (χ4n) is 3.30. The summed E-state index contributed by atoms with van der Waals surface area (Å²) in [6.07, 6.45) is 0. The summed E-state index contributed by atoms with van der Waals surface area (Å²) >= 11 is 3.54. The average molecular weight is 584 g/mol. The van der Waals surface area contributed by atoms with Gasteiger partial charge < -0.3 is 26.1 Å². The van der Waals surface area contributed by atoms with Gasteiger partial charge in [-0.05, 0) is 29.8 Å². The van der Waals surface area contributed by atoms with Crippen LogP contribution < -0.4 is 11.1 Å². The van der Waals surface area contributed by atoms with Gasteiger partial charge in [0.2, 0.25) is 10.8 Å². The van der Waals surface area contributed by atoms with Gasteiger partial charge >= 0.3 is 11.9 Å². The van der Waals surface area contributed by atoms with Crippen LogP contribution in [0.1, 0.15) is 19.5 Å². The number of tetrazole rings is 1. The number of carboxylic acids is 2. The summed E-state index contributed by atoms with van der Waals surface area (Å²) in [4.78, 5) is 59.8. The Hall–Kier alpha value is -3.71.